The SMILES string of the molecule is CCOC(=O)c1cnc(C(F)F)c(C#N)c1CCl. The van der Waals surface area contributed by atoms with Crippen molar-refractivity contribution in [3.05, 3.63) is 28.6 Å². The Hall–Kier alpha value is -1.74. The molecule has 18 heavy (non-hydrogen) atoms. The molecule has 7 heteroatoms. The van der Waals surface area contributed by atoms with Crippen molar-refractivity contribution in [3.63, 3.8) is 0 Å². The third kappa shape index (κ3) is 2.74. The highest BCUT2D eigenvalue weighted by Gasteiger charge is 2.23. The molecule has 0 unspecified atom stereocenters. The van der Waals surface area contributed by atoms with Crippen molar-refractivity contribution in [2.24, 2.45) is 0 Å². The lowest BCUT2D eigenvalue weighted by Crippen LogP contribution is -2.12. The summed E-state index contributed by atoms with van der Waals surface area (Å²) in [5.41, 5.74) is -1.09. The van der Waals surface area contributed by atoms with Crippen LogP contribution in [0.25, 0.3) is 0 Å². The zero-order valence-electron chi connectivity index (χ0n) is 9.41. The largest absolute Gasteiger partial charge is 0.462 e. The van der Waals surface area contributed by atoms with Gasteiger partial charge in [0.1, 0.15) is 11.8 Å². The number of carbonyl (C=O) groups excluding carboxylic acids is 1. The van der Waals surface area contributed by atoms with Gasteiger partial charge in [-0.25, -0.2) is 13.6 Å². The minimum Gasteiger partial charge on any atom is -0.462 e. The van der Waals surface area contributed by atoms with Crippen molar-refractivity contribution in [2.75, 3.05) is 6.61 Å². The first-order valence-corrected chi connectivity index (χ1v) is 5.53. The lowest BCUT2D eigenvalue weighted by molar-refractivity contribution is 0.0524. The van der Waals surface area contributed by atoms with Crippen molar-refractivity contribution < 1.29 is 18.3 Å². The van der Waals surface area contributed by atoms with Gasteiger partial charge in [-0.15, -0.1) is 11.6 Å². The van der Waals surface area contributed by atoms with Crippen LogP contribution >= 0.6 is 11.6 Å². The van der Waals surface area contributed by atoms with Gasteiger partial charge in [-0.05, 0) is 6.92 Å². The molecule has 0 aliphatic rings. The van der Waals surface area contributed by atoms with Crippen LogP contribution in [0.3, 0.4) is 0 Å². The quantitative estimate of drug-likeness (QED) is 0.625. The van der Waals surface area contributed by atoms with E-state index in [-0.39, 0.29) is 29.2 Å². The summed E-state index contributed by atoms with van der Waals surface area (Å²) in [5.74, 6) is -0.989. The van der Waals surface area contributed by atoms with Crippen LogP contribution in [0, 0.1) is 11.3 Å². The van der Waals surface area contributed by atoms with Crippen LogP contribution in [0.1, 0.15) is 40.5 Å². The highest BCUT2D eigenvalue weighted by molar-refractivity contribution is 6.18. The summed E-state index contributed by atoms with van der Waals surface area (Å²) in [6.45, 7) is 1.73. The molecule has 0 bridgehead atoms. The number of carbonyl (C=O) groups is 1. The summed E-state index contributed by atoms with van der Waals surface area (Å²) in [4.78, 5) is 15.0. The van der Waals surface area contributed by atoms with Gasteiger partial charge in [0, 0.05) is 17.6 Å². The van der Waals surface area contributed by atoms with E-state index in [4.69, 9.17) is 21.6 Å². The molecule has 96 valence electrons. The summed E-state index contributed by atoms with van der Waals surface area (Å²) >= 11 is 5.61. The fraction of sp³-hybridized carbons (Fsp3) is 0.364. The van der Waals surface area contributed by atoms with Crippen molar-refractivity contribution in [1.82, 2.24) is 4.98 Å². The Bertz CT molecular complexity index is 501. The predicted molar refractivity (Wildman–Crippen MR) is 59.4 cm³/mol. The molecule has 1 aromatic heterocycles. The summed E-state index contributed by atoms with van der Waals surface area (Å²) in [6.07, 6.45) is -1.95. The molecule has 0 spiro atoms. The van der Waals surface area contributed by atoms with Gasteiger partial charge < -0.3 is 4.74 Å². The summed E-state index contributed by atoms with van der Waals surface area (Å²) in [7, 11) is 0. The third-order valence-corrected chi connectivity index (χ3v) is 2.43. The molecular weight excluding hydrogens is 266 g/mol. The Morgan fingerprint density at radius 3 is 2.78 bits per heavy atom. The molecule has 1 aromatic rings. The number of rotatable bonds is 4. The van der Waals surface area contributed by atoms with Crippen molar-refractivity contribution in [3.8, 4) is 6.07 Å². The van der Waals surface area contributed by atoms with E-state index in [1.54, 1.807) is 13.0 Å². The number of esters is 1. The second kappa shape index (κ2) is 6.26. The molecule has 0 aromatic carbocycles. The molecule has 0 N–H and O–H groups in total. The first-order chi connectivity index (χ1) is 8.56. The zero-order chi connectivity index (χ0) is 13.7. The lowest BCUT2D eigenvalue weighted by atomic mass is 10.0. The number of aromatic nitrogens is 1. The summed E-state index contributed by atoms with van der Waals surface area (Å²) < 4.78 is 30.0. The number of ether oxygens (including phenoxy) is 1. The maximum Gasteiger partial charge on any atom is 0.340 e. The molecule has 0 radical (unpaired) electrons. The van der Waals surface area contributed by atoms with Gasteiger partial charge in [0.15, 0.2) is 0 Å². The maximum atomic E-state index is 12.6. The van der Waals surface area contributed by atoms with Crippen LogP contribution in [0.4, 0.5) is 8.78 Å². The number of nitrogens with zero attached hydrogens (tertiary/aromatic N) is 2. The van der Waals surface area contributed by atoms with E-state index < -0.39 is 18.1 Å². The number of nitriles is 1. The average molecular weight is 275 g/mol. The fourth-order valence-electron chi connectivity index (χ4n) is 1.38. The van der Waals surface area contributed by atoms with Gasteiger partial charge in [0.05, 0.1) is 17.7 Å². The minimum absolute atomic E-state index is 0.0166. The van der Waals surface area contributed by atoms with Gasteiger partial charge in [-0.1, -0.05) is 0 Å². The maximum absolute atomic E-state index is 12.6. The first kappa shape index (κ1) is 14.3. The molecule has 0 aliphatic heterocycles. The number of halogens is 3. The normalized spacial score (nSPS) is 10.2. The molecular formula is C11H9ClF2N2O2. The monoisotopic (exact) mass is 274 g/mol. The van der Waals surface area contributed by atoms with Crippen molar-refractivity contribution >= 4 is 17.6 Å². The Labute approximate surface area is 107 Å². The topological polar surface area (TPSA) is 63.0 Å². The van der Waals surface area contributed by atoms with E-state index in [0.29, 0.717) is 0 Å². The summed E-state index contributed by atoms with van der Waals surface area (Å²) in [5, 5.41) is 8.88. The standard InChI is InChI=1S/C11H9ClF2N2O2/c1-2-18-11(17)8-5-16-9(10(13)14)7(4-15)6(8)3-12/h5,10H,2-3H2,1H3. The van der Waals surface area contributed by atoms with Gasteiger partial charge in [0.25, 0.3) is 6.43 Å². The highest BCUT2D eigenvalue weighted by atomic mass is 35.5. The first-order valence-electron chi connectivity index (χ1n) is 4.99. The zero-order valence-corrected chi connectivity index (χ0v) is 10.2. The predicted octanol–water partition coefficient (Wildman–Crippen LogP) is 2.81. The molecule has 0 amide bonds. The molecule has 0 aliphatic carbocycles. The molecule has 0 saturated heterocycles. The van der Waals surface area contributed by atoms with E-state index in [1.807, 2.05) is 0 Å². The van der Waals surface area contributed by atoms with Gasteiger partial charge in [0.2, 0.25) is 0 Å². The second-order valence-corrected chi connectivity index (χ2v) is 3.44. The average Bonchev–Trinajstić information content (AvgIpc) is 2.36. The van der Waals surface area contributed by atoms with Crippen molar-refractivity contribution in [2.45, 2.75) is 19.2 Å². The highest BCUT2D eigenvalue weighted by Crippen LogP contribution is 2.26. The molecule has 0 atom stereocenters. The number of hydrogen-bond acceptors (Lipinski definition) is 4. The summed E-state index contributed by atoms with van der Waals surface area (Å²) in [6, 6.07) is 1.60. The molecule has 1 rings (SSSR count). The van der Waals surface area contributed by atoms with Gasteiger partial charge in [-0.3, -0.25) is 4.98 Å². The molecule has 1 heterocycles. The Kier molecular flexibility index (Phi) is 4.98. The molecule has 0 fully saturated rings. The van der Waals surface area contributed by atoms with E-state index in [1.165, 1.54) is 0 Å². The van der Waals surface area contributed by atoms with Gasteiger partial charge in [-0.2, -0.15) is 5.26 Å². The Morgan fingerprint density at radius 2 is 2.33 bits per heavy atom. The second-order valence-electron chi connectivity index (χ2n) is 3.18. The van der Waals surface area contributed by atoms with Crippen LogP contribution in [0.2, 0.25) is 0 Å². The van der Waals surface area contributed by atoms with Crippen LogP contribution in [0.5, 0.6) is 0 Å². The van der Waals surface area contributed by atoms with E-state index in [0.717, 1.165) is 6.20 Å². The molecule has 4 nitrogen and oxygen atoms in total. The van der Waals surface area contributed by atoms with E-state index in [2.05, 4.69) is 4.98 Å². The van der Waals surface area contributed by atoms with E-state index in [9.17, 15) is 13.6 Å². The van der Waals surface area contributed by atoms with Crippen LogP contribution in [0.15, 0.2) is 6.20 Å². The Balaban J connectivity index is 3.40. The number of hydrogen-bond donors (Lipinski definition) is 0. The van der Waals surface area contributed by atoms with Crippen LogP contribution < -0.4 is 0 Å². The fourth-order valence-corrected chi connectivity index (χ4v) is 1.66. The smallest absolute Gasteiger partial charge is 0.340 e. The van der Waals surface area contributed by atoms with Crippen LogP contribution in [-0.2, 0) is 10.6 Å². The number of pyridine rings is 1. The minimum atomic E-state index is -2.90. The Morgan fingerprint density at radius 1 is 1.67 bits per heavy atom. The third-order valence-electron chi connectivity index (χ3n) is 2.16. The van der Waals surface area contributed by atoms with E-state index >= 15 is 0 Å². The van der Waals surface area contributed by atoms with Gasteiger partial charge >= 0.3 is 5.97 Å². The number of alkyl halides is 3. The van der Waals surface area contributed by atoms with Crippen LogP contribution in [-0.4, -0.2) is 17.6 Å². The molecule has 0 saturated carbocycles. The van der Waals surface area contributed by atoms with Crippen molar-refractivity contribution in [1.29, 1.82) is 5.26 Å². The lowest BCUT2D eigenvalue weighted by Gasteiger charge is -2.10.